The number of benzene rings is 2. The van der Waals surface area contributed by atoms with Gasteiger partial charge >= 0.3 is 6.03 Å². The largest absolute Gasteiger partial charge is 0.497 e. The van der Waals surface area contributed by atoms with Crippen LogP contribution in [0.1, 0.15) is 6.42 Å². The average Bonchev–Trinajstić information content (AvgIpc) is 2.86. The Kier molecular flexibility index (Phi) is 7.42. The molecular formula is C24H28ClN5O4. The van der Waals surface area contributed by atoms with E-state index < -0.39 is 12.1 Å². The van der Waals surface area contributed by atoms with Gasteiger partial charge in [-0.2, -0.15) is 0 Å². The SMILES string of the molecule is COc1ccc(N2CCN(C(=O)C[C@H]3C(=O)NCCN3C(=O)Nc3ccc(Cl)cc3)CC2)cc1. The molecule has 0 radical (unpaired) electrons. The van der Waals surface area contributed by atoms with Crippen LogP contribution in [0.4, 0.5) is 16.2 Å². The van der Waals surface area contributed by atoms with Crippen LogP contribution in [0.15, 0.2) is 48.5 Å². The summed E-state index contributed by atoms with van der Waals surface area (Å²) in [5.74, 6) is 0.344. The number of rotatable bonds is 5. The number of ether oxygens (including phenoxy) is 1. The van der Waals surface area contributed by atoms with Crippen molar-refractivity contribution in [3.8, 4) is 5.75 Å². The highest BCUT2D eigenvalue weighted by Gasteiger charge is 2.36. The van der Waals surface area contributed by atoms with E-state index in [1.807, 2.05) is 24.3 Å². The van der Waals surface area contributed by atoms with Crippen LogP contribution >= 0.6 is 11.6 Å². The minimum Gasteiger partial charge on any atom is -0.497 e. The third-order valence-electron chi connectivity index (χ3n) is 6.13. The fourth-order valence-electron chi connectivity index (χ4n) is 4.19. The molecule has 180 valence electrons. The first-order valence-corrected chi connectivity index (χ1v) is 11.6. The second kappa shape index (κ2) is 10.6. The van der Waals surface area contributed by atoms with Gasteiger partial charge in [-0.15, -0.1) is 0 Å². The van der Waals surface area contributed by atoms with E-state index in [0.29, 0.717) is 50.0 Å². The lowest BCUT2D eigenvalue weighted by Crippen LogP contribution is -2.60. The van der Waals surface area contributed by atoms with Gasteiger partial charge in [-0.3, -0.25) is 9.59 Å². The quantitative estimate of drug-likeness (QED) is 0.678. The Morgan fingerprint density at radius 3 is 2.35 bits per heavy atom. The number of carbonyl (C=O) groups excluding carboxylic acids is 3. The molecule has 0 saturated carbocycles. The standard InChI is InChI=1S/C24H28ClN5O4/c1-34-20-8-6-19(7-9-20)28-12-14-29(15-13-28)22(31)16-21-23(32)26-10-11-30(21)24(33)27-18-4-2-17(25)3-5-18/h2-9,21H,10-16H2,1H3,(H,26,32)(H,27,33)/t21-/m0/s1. The van der Waals surface area contributed by atoms with E-state index in [4.69, 9.17) is 16.3 Å². The Bertz CT molecular complexity index is 1020. The van der Waals surface area contributed by atoms with Crippen LogP contribution < -0.4 is 20.3 Å². The number of hydrogen-bond acceptors (Lipinski definition) is 5. The summed E-state index contributed by atoms with van der Waals surface area (Å²) in [5, 5.41) is 6.11. The van der Waals surface area contributed by atoms with Crippen LogP contribution in [0.2, 0.25) is 5.02 Å². The lowest BCUT2D eigenvalue weighted by atomic mass is 10.1. The molecule has 2 heterocycles. The topological polar surface area (TPSA) is 94.2 Å². The third-order valence-corrected chi connectivity index (χ3v) is 6.38. The maximum atomic E-state index is 13.0. The monoisotopic (exact) mass is 485 g/mol. The maximum absolute atomic E-state index is 13.0. The minimum absolute atomic E-state index is 0.0532. The van der Waals surface area contributed by atoms with E-state index in [9.17, 15) is 14.4 Å². The van der Waals surface area contributed by atoms with Crippen molar-refractivity contribution in [1.29, 1.82) is 0 Å². The van der Waals surface area contributed by atoms with Gasteiger partial charge in [-0.1, -0.05) is 11.6 Å². The van der Waals surface area contributed by atoms with Crippen LogP contribution in [0.25, 0.3) is 0 Å². The van der Waals surface area contributed by atoms with Crippen LogP contribution in [-0.4, -0.2) is 80.1 Å². The number of nitrogens with zero attached hydrogens (tertiary/aromatic N) is 3. The minimum atomic E-state index is -0.854. The zero-order valence-corrected chi connectivity index (χ0v) is 19.8. The number of amides is 4. The van der Waals surface area contributed by atoms with Crippen molar-refractivity contribution in [1.82, 2.24) is 15.1 Å². The Balaban J connectivity index is 1.34. The molecule has 2 aliphatic heterocycles. The first-order valence-electron chi connectivity index (χ1n) is 11.2. The summed E-state index contributed by atoms with van der Waals surface area (Å²) in [6.07, 6.45) is -0.0532. The number of carbonyl (C=O) groups is 3. The van der Waals surface area contributed by atoms with E-state index in [0.717, 1.165) is 11.4 Å². The molecular weight excluding hydrogens is 458 g/mol. The number of anilines is 2. The molecule has 1 atom stereocenters. The molecule has 0 bridgehead atoms. The molecule has 4 rings (SSSR count). The van der Waals surface area contributed by atoms with Gasteiger partial charge in [0.1, 0.15) is 11.8 Å². The number of halogens is 1. The van der Waals surface area contributed by atoms with Gasteiger partial charge in [-0.25, -0.2) is 4.79 Å². The molecule has 2 N–H and O–H groups in total. The molecule has 0 unspecified atom stereocenters. The predicted octanol–water partition coefficient (Wildman–Crippen LogP) is 2.42. The zero-order valence-electron chi connectivity index (χ0n) is 19.0. The third kappa shape index (κ3) is 5.53. The molecule has 2 aromatic rings. The number of methoxy groups -OCH3 is 1. The summed E-state index contributed by atoms with van der Waals surface area (Å²) in [6.45, 7) is 3.16. The number of piperazine rings is 2. The fourth-order valence-corrected chi connectivity index (χ4v) is 4.32. The number of nitrogens with one attached hydrogen (secondary N) is 2. The summed E-state index contributed by atoms with van der Waals surface area (Å²) >= 11 is 5.90. The van der Waals surface area contributed by atoms with E-state index in [1.165, 1.54) is 4.90 Å². The first-order chi connectivity index (χ1) is 16.4. The summed E-state index contributed by atoms with van der Waals surface area (Å²) in [4.78, 5) is 43.9. The van der Waals surface area contributed by atoms with Gasteiger partial charge in [-0.05, 0) is 48.5 Å². The van der Waals surface area contributed by atoms with Crippen LogP contribution in [-0.2, 0) is 9.59 Å². The molecule has 0 spiro atoms. The second-order valence-corrected chi connectivity index (χ2v) is 8.64. The lowest BCUT2D eigenvalue weighted by Gasteiger charge is -2.38. The average molecular weight is 486 g/mol. The Labute approximate surface area is 203 Å². The Morgan fingerprint density at radius 2 is 1.71 bits per heavy atom. The lowest BCUT2D eigenvalue weighted by molar-refractivity contribution is -0.137. The smallest absolute Gasteiger partial charge is 0.322 e. The van der Waals surface area contributed by atoms with Crippen LogP contribution in [0.5, 0.6) is 5.75 Å². The molecule has 9 nitrogen and oxygen atoms in total. The van der Waals surface area contributed by atoms with Gasteiger partial charge in [0.15, 0.2) is 0 Å². The number of hydrogen-bond donors (Lipinski definition) is 2. The van der Waals surface area contributed by atoms with Crippen molar-refractivity contribution < 1.29 is 19.1 Å². The summed E-state index contributed by atoms with van der Waals surface area (Å²) in [5.41, 5.74) is 1.64. The van der Waals surface area contributed by atoms with Gasteiger partial charge in [0.2, 0.25) is 11.8 Å². The highest BCUT2D eigenvalue weighted by Crippen LogP contribution is 2.21. The van der Waals surface area contributed by atoms with Gasteiger partial charge < -0.3 is 30.1 Å². The fraction of sp³-hybridized carbons (Fsp3) is 0.375. The normalized spacial score (nSPS) is 18.4. The van der Waals surface area contributed by atoms with Crippen molar-refractivity contribution in [2.45, 2.75) is 12.5 Å². The van der Waals surface area contributed by atoms with E-state index in [1.54, 1.807) is 36.3 Å². The second-order valence-electron chi connectivity index (χ2n) is 8.21. The summed E-state index contributed by atoms with van der Waals surface area (Å²) in [6, 6.07) is 13.3. The number of urea groups is 1. The van der Waals surface area contributed by atoms with Crippen LogP contribution in [0.3, 0.4) is 0 Å². The molecule has 2 aromatic carbocycles. The van der Waals surface area contributed by atoms with E-state index >= 15 is 0 Å². The predicted molar refractivity (Wildman–Crippen MR) is 130 cm³/mol. The van der Waals surface area contributed by atoms with Crippen LogP contribution in [0, 0.1) is 0 Å². The van der Waals surface area contributed by atoms with Crippen molar-refractivity contribution in [2.24, 2.45) is 0 Å². The summed E-state index contributed by atoms with van der Waals surface area (Å²) < 4.78 is 5.21. The highest BCUT2D eigenvalue weighted by atomic mass is 35.5. The van der Waals surface area contributed by atoms with Crippen molar-refractivity contribution in [2.75, 3.05) is 56.6 Å². The molecule has 2 aliphatic rings. The molecule has 10 heteroatoms. The van der Waals surface area contributed by atoms with Gasteiger partial charge in [0.05, 0.1) is 13.5 Å². The molecule has 0 aliphatic carbocycles. The Morgan fingerprint density at radius 1 is 1.03 bits per heavy atom. The van der Waals surface area contributed by atoms with Gasteiger partial charge in [0.25, 0.3) is 0 Å². The summed E-state index contributed by atoms with van der Waals surface area (Å²) in [7, 11) is 1.63. The molecule has 0 aromatic heterocycles. The zero-order chi connectivity index (χ0) is 24.1. The molecule has 34 heavy (non-hydrogen) atoms. The molecule has 4 amide bonds. The first kappa shape index (κ1) is 23.7. The highest BCUT2D eigenvalue weighted by molar-refractivity contribution is 6.30. The van der Waals surface area contributed by atoms with Crippen molar-refractivity contribution >= 4 is 40.8 Å². The van der Waals surface area contributed by atoms with E-state index in [2.05, 4.69) is 15.5 Å². The van der Waals surface area contributed by atoms with E-state index in [-0.39, 0.29) is 18.2 Å². The maximum Gasteiger partial charge on any atom is 0.322 e. The molecule has 2 saturated heterocycles. The van der Waals surface area contributed by atoms with Gasteiger partial charge in [0, 0.05) is 55.7 Å². The molecule has 2 fully saturated rings. The van der Waals surface area contributed by atoms with Crippen molar-refractivity contribution in [3.63, 3.8) is 0 Å². The van der Waals surface area contributed by atoms with Crippen molar-refractivity contribution in [3.05, 3.63) is 53.6 Å². The Hall–Kier alpha value is -3.46.